The molecule has 0 aliphatic carbocycles. The Labute approximate surface area is 133 Å². The minimum Gasteiger partial charge on any atom is -0.456 e. The van der Waals surface area contributed by atoms with E-state index in [4.69, 9.17) is 9.15 Å². The van der Waals surface area contributed by atoms with Gasteiger partial charge in [-0.2, -0.15) is 0 Å². The number of sulfone groups is 1. The first-order chi connectivity index (χ1) is 11.0. The number of esters is 1. The summed E-state index contributed by atoms with van der Waals surface area (Å²) >= 11 is 0. The average molecular weight is 336 g/mol. The van der Waals surface area contributed by atoms with Gasteiger partial charge in [0.05, 0.1) is 11.5 Å². The lowest BCUT2D eigenvalue weighted by molar-refractivity contribution is -0.146. The summed E-state index contributed by atoms with van der Waals surface area (Å²) in [5.74, 6) is 0.159. The van der Waals surface area contributed by atoms with E-state index in [2.05, 4.69) is 10.2 Å². The highest BCUT2D eigenvalue weighted by Crippen LogP contribution is 2.22. The summed E-state index contributed by atoms with van der Waals surface area (Å²) in [6.45, 7) is -0.113. The van der Waals surface area contributed by atoms with Gasteiger partial charge in [-0.3, -0.25) is 4.79 Å². The molecule has 1 aromatic heterocycles. The Morgan fingerprint density at radius 2 is 2.04 bits per heavy atom. The van der Waals surface area contributed by atoms with Crippen molar-refractivity contribution in [2.75, 3.05) is 11.5 Å². The zero-order valence-electron chi connectivity index (χ0n) is 12.3. The summed E-state index contributed by atoms with van der Waals surface area (Å²) in [6, 6.07) is 9.27. The highest BCUT2D eigenvalue weighted by atomic mass is 32.2. The predicted octanol–water partition coefficient (Wildman–Crippen LogP) is 1.60. The zero-order chi connectivity index (χ0) is 16.3. The molecule has 1 unspecified atom stereocenters. The van der Waals surface area contributed by atoms with Crippen LogP contribution in [0.2, 0.25) is 0 Å². The lowest BCUT2D eigenvalue weighted by Crippen LogP contribution is -2.13. The second kappa shape index (κ2) is 6.49. The molecule has 7 nitrogen and oxygen atoms in total. The number of ether oxygens (including phenoxy) is 1. The third-order valence-corrected chi connectivity index (χ3v) is 5.46. The van der Waals surface area contributed by atoms with E-state index < -0.39 is 15.8 Å². The van der Waals surface area contributed by atoms with Gasteiger partial charge in [-0.25, -0.2) is 8.42 Å². The van der Waals surface area contributed by atoms with Crippen LogP contribution < -0.4 is 0 Å². The number of nitrogens with zero attached hydrogens (tertiary/aromatic N) is 2. The first-order valence-electron chi connectivity index (χ1n) is 7.26. The van der Waals surface area contributed by atoms with Crippen molar-refractivity contribution in [1.29, 1.82) is 0 Å². The first kappa shape index (κ1) is 15.7. The van der Waals surface area contributed by atoms with Crippen molar-refractivity contribution >= 4 is 15.8 Å². The second-order valence-corrected chi connectivity index (χ2v) is 7.73. The van der Waals surface area contributed by atoms with Crippen molar-refractivity contribution in [2.45, 2.75) is 19.4 Å². The van der Waals surface area contributed by atoms with E-state index in [0.717, 1.165) is 5.56 Å². The molecule has 1 aliphatic rings. The lowest BCUT2D eigenvalue weighted by atomic mass is 10.1. The van der Waals surface area contributed by atoms with Gasteiger partial charge in [0.25, 0.3) is 5.89 Å². The van der Waals surface area contributed by atoms with E-state index in [1.807, 2.05) is 30.3 Å². The molecule has 1 aromatic carbocycles. The van der Waals surface area contributed by atoms with Crippen molar-refractivity contribution in [3.63, 3.8) is 0 Å². The molecule has 2 aromatic rings. The van der Waals surface area contributed by atoms with Gasteiger partial charge in [0.15, 0.2) is 16.4 Å². The molecule has 1 fully saturated rings. The van der Waals surface area contributed by atoms with Crippen LogP contribution in [0, 0.1) is 5.92 Å². The van der Waals surface area contributed by atoms with Crippen LogP contribution in [0.4, 0.5) is 0 Å². The van der Waals surface area contributed by atoms with Crippen molar-refractivity contribution in [1.82, 2.24) is 10.2 Å². The molecule has 1 aliphatic heterocycles. The van der Waals surface area contributed by atoms with Crippen LogP contribution >= 0.6 is 0 Å². The van der Waals surface area contributed by atoms with E-state index in [0.29, 0.717) is 12.3 Å². The van der Waals surface area contributed by atoms with Gasteiger partial charge in [-0.1, -0.05) is 18.2 Å². The number of carbonyl (C=O) groups is 1. The van der Waals surface area contributed by atoms with Gasteiger partial charge >= 0.3 is 5.97 Å². The molecule has 1 atom stereocenters. The monoisotopic (exact) mass is 336 g/mol. The maximum Gasteiger partial charge on any atom is 0.306 e. The summed E-state index contributed by atoms with van der Waals surface area (Å²) in [5, 5.41) is 7.73. The summed E-state index contributed by atoms with van der Waals surface area (Å²) in [5.41, 5.74) is 0.786. The molecular formula is C15H16N2O5S. The molecule has 0 bridgehead atoms. The lowest BCUT2D eigenvalue weighted by Gasteiger charge is -2.06. The minimum absolute atomic E-state index is 0.0564. The first-order valence-corrected chi connectivity index (χ1v) is 9.08. The van der Waals surface area contributed by atoms with E-state index in [1.54, 1.807) is 0 Å². The van der Waals surface area contributed by atoms with Crippen molar-refractivity contribution in [3.8, 4) is 11.5 Å². The highest BCUT2D eigenvalue weighted by molar-refractivity contribution is 7.91. The molecule has 3 rings (SSSR count). The Bertz CT molecular complexity index is 785. The quantitative estimate of drug-likeness (QED) is 0.765. The van der Waals surface area contributed by atoms with Crippen LogP contribution in [0.1, 0.15) is 18.7 Å². The molecule has 0 radical (unpaired) electrons. The zero-order valence-corrected chi connectivity index (χ0v) is 13.2. The van der Waals surface area contributed by atoms with Crippen LogP contribution in [-0.4, -0.2) is 36.1 Å². The average Bonchev–Trinajstić information content (AvgIpc) is 3.13. The molecule has 23 heavy (non-hydrogen) atoms. The second-order valence-electron chi connectivity index (χ2n) is 5.50. The summed E-state index contributed by atoms with van der Waals surface area (Å²) < 4.78 is 33.2. The normalized spacial score (nSPS) is 19.6. The van der Waals surface area contributed by atoms with Gasteiger partial charge in [-0.15, -0.1) is 10.2 Å². The van der Waals surface area contributed by atoms with Crippen LogP contribution in [0.5, 0.6) is 0 Å². The van der Waals surface area contributed by atoms with E-state index in [9.17, 15) is 13.2 Å². The number of rotatable bonds is 5. The molecule has 0 N–H and O–H groups in total. The molecule has 0 saturated carbocycles. The summed E-state index contributed by atoms with van der Waals surface area (Å²) in [6.07, 6.45) is 0.606. The highest BCUT2D eigenvalue weighted by Gasteiger charge is 2.29. The van der Waals surface area contributed by atoms with E-state index in [1.165, 1.54) is 0 Å². The van der Waals surface area contributed by atoms with Crippen LogP contribution in [0.3, 0.4) is 0 Å². The van der Waals surface area contributed by atoms with E-state index >= 15 is 0 Å². The number of carbonyl (C=O) groups excluding carboxylic acids is 1. The van der Waals surface area contributed by atoms with Crippen molar-refractivity contribution < 1.29 is 22.4 Å². The Balaban J connectivity index is 1.51. The fraction of sp³-hybridized carbons (Fsp3) is 0.400. The molecule has 2 heterocycles. The number of hydrogen-bond donors (Lipinski definition) is 0. The van der Waals surface area contributed by atoms with Crippen LogP contribution in [0.15, 0.2) is 34.7 Å². The topological polar surface area (TPSA) is 99.4 Å². The molecule has 0 amide bonds. The van der Waals surface area contributed by atoms with Gasteiger partial charge in [0.1, 0.15) is 0 Å². The Kier molecular flexibility index (Phi) is 4.42. The van der Waals surface area contributed by atoms with E-state index in [-0.39, 0.29) is 36.3 Å². The van der Waals surface area contributed by atoms with Crippen LogP contribution in [0.25, 0.3) is 11.5 Å². The Morgan fingerprint density at radius 3 is 2.74 bits per heavy atom. The number of aromatic nitrogens is 2. The minimum atomic E-state index is -2.98. The van der Waals surface area contributed by atoms with Crippen molar-refractivity contribution in [3.05, 3.63) is 36.2 Å². The molecule has 1 saturated heterocycles. The molecule has 0 spiro atoms. The maximum absolute atomic E-state index is 11.8. The SMILES string of the molecule is O=C(CC1CCS(=O)(=O)C1)OCc1nnc(-c2ccccc2)o1. The Hall–Kier alpha value is -2.22. The standard InChI is InChI=1S/C15H16N2O5S/c18-14(8-11-6-7-23(19,20)10-11)21-9-13-16-17-15(22-13)12-4-2-1-3-5-12/h1-5,11H,6-10H2. The van der Waals surface area contributed by atoms with Gasteiger partial charge in [0.2, 0.25) is 5.89 Å². The van der Waals surface area contributed by atoms with Gasteiger partial charge in [0, 0.05) is 12.0 Å². The fourth-order valence-electron chi connectivity index (χ4n) is 2.48. The summed E-state index contributed by atoms with van der Waals surface area (Å²) in [4.78, 5) is 11.8. The molecule has 122 valence electrons. The van der Waals surface area contributed by atoms with Crippen LogP contribution in [-0.2, 0) is 26.0 Å². The smallest absolute Gasteiger partial charge is 0.306 e. The van der Waals surface area contributed by atoms with Gasteiger partial charge in [-0.05, 0) is 24.5 Å². The number of benzene rings is 1. The largest absolute Gasteiger partial charge is 0.456 e. The number of hydrogen-bond acceptors (Lipinski definition) is 7. The maximum atomic E-state index is 11.8. The third kappa shape index (κ3) is 4.16. The van der Waals surface area contributed by atoms with Gasteiger partial charge < -0.3 is 9.15 Å². The molecule has 8 heteroatoms. The fourth-order valence-corrected chi connectivity index (χ4v) is 4.34. The third-order valence-electron chi connectivity index (χ3n) is 3.63. The Morgan fingerprint density at radius 1 is 1.26 bits per heavy atom. The summed E-state index contributed by atoms with van der Waals surface area (Å²) in [7, 11) is -2.98. The van der Waals surface area contributed by atoms with Crippen molar-refractivity contribution in [2.24, 2.45) is 5.92 Å². The predicted molar refractivity (Wildman–Crippen MR) is 80.9 cm³/mol. The molecular weight excluding hydrogens is 320 g/mol.